The van der Waals surface area contributed by atoms with Crippen molar-refractivity contribution in [2.75, 3.05) is 12.4 Å². The molecule has 1 saturated carbocycles. The van der Waals surface area contributed by atoms with E-state index in [1.54, 1.807) is 16.0 Å². The number of aryl methyl sites for hydroxylation is 2. The van der Waals surface area contributed by atoms with Gasteiger partial charge in [-0.1, -0.05) is 6.42 Å². The first-order chi connectivity index (χ1) is 12.6. The summed E-state index contributed by atoms with van der Waals surface area (Å²) in [6.45, 7) is 0. The maximum atomic E-state index is 12.7. The second-order valence-corrected chi connectivity index (χ2v) is 8.25. The first-order valence-corrected chi connectivity index (χ1v) is 9.92. The van der Waals surface area contributed by atoms with Crippen LogP contribution in [0.25, 0.3) is 0 Å². The first kappa shape index (κ1) is 17.3. The fourth-order valence-corrected chi connectivity index (χ4v) is 5.12. The van der Waals surface area contributed by atoms with Crippen molar-refractivity contribution in [3.05, 3.63) is 34.0 Å². The van der Waals surface area contributed by atoms with Crippen molar-refractivity contribution in [3.63, 3.8) is 0 Å². The molecule has 2 atom stereocenters. The van der Waals surface area contributed by atoms with Crippen molar-refractivity contribution in [3.8, 4) is 0 Å². The zero-order chi connectivity index (χ0) is 18.3. The van der Waals surface area contributed by atoms with Crippen LogP contribution < -0.4 is 5.32 Å². The predicted octanol–water partition coefficient (Wildman–Crippen LogP) is 3.28. The lowest BCUT2D eigenvalue weighted by atomic mass is 10.1. The van der Waals surface area contributed by atoms with E-state index in [9.17, 15) is 9.59 Å². The highest BCUT2D eigenvalue weighted by Crippen LogP contribution is 2.48. The lowest BCUT2D eigenvalue weighted by Gasteiger charge is -2.07. The van der Waals surface area contributed by atoms with Crippen molar-refractivity contribution in [1.82, 2.24) is 9.78 Å². The molecule has 0 aliphatic heterocycles. The fraction of sp³-hybridized carbons (Fsp3) is 0.526. The Kier molecular flexibility index (Phi) is 4.56. The number of hydrogen-bond acceptors (Lipinski definition) is 5. The molecule has 138 valence electrons. The number of nitrogens with one attached hydrogen (secondary N) is 1. The van der Waals surface area contributed by atoms with Gasteiger partial charge in [-0.25, -0.2) is 4.79 Å². The average Bonchev–Trinajstić information content (AvgIpc) is 3.28. The van der Waals surface area contributed by atoms with Gasteiger partial charge in [0.2, 0.25) is 5.91 Å². The van der Waals surface area contributed by atoms with Gasteiger partial charge in [0.05, 0.1) is 18.9 Å². The highest BCUT2D eigenvalue weighted by molar-refractivity contribution is 7.17. The number of methoxy groups -OCH3 is 1. The van der Waals surface area contributed by atoms with Gasteiger partial charge in [-0.15, -0.1) is 11.3 Å². The third-order valence-electron chi connectivity index (χ3n) is 5.33. The summed E-state index contributed by atoms with van der Waals surface area (Å²) in [5.74, 6) is -0.186. The molecule has 26 heavy (non-hydrogen) atoms. The zero-order valence-corrected chi connectivity index (χ0v) is 15.9. The molecule has 2 aliphatic carbocycles. The van der Waals surface area contributed by atoms with E-state index in [-0.39, 0.29) is 23.7 Å². The van der Waals surface area contributed by atoms with E-state index in [0.717, 1.165) is 43.2 Å². The van der Waals surface area contributed by atoms with Crippen molar-refractivity contribution in [2.45, 2.75) is 44.4 Å². The molecule has 0 bridgehead atoms. The third kappa shape index (κ3) is 3.16. The molecular weight excluding hydrogens is 350 g/mol. The Labute approximate surface area is 156 Å². The van der Waals surface area contributed by atoms with Crippen LogP contribution in [0.1, 0.15) is 58.0 Å². The van der Waals surface area contributed by atoms with Crippen LogP contribution in [-0.4, -0.2) is 28.8 Å². The van der Waals surface area contributed by atoms with Gasteiger partial charge in [0.15, 0.2) is 0 Å². The lowest BCUT2D eigenvalue weighted by Crippen LogP contribution is -2.16. The summed E-state index contributed by atoms with van der Waals surface area (Å²) in [5, 5.41) is 7.86. The topological polar surface area (TPSA) is 73.2 Å². The predicted molar refractivity (Wildman–Crippen MR) is 99.6 cm³/mol. The number of carbonyl (C=O) groups excluding carboxylic acids is 2. The van der Waals surface area contributed by atoms with E-state index in [1.165, 1.54) is 18.4 Å². The van der Waals surface area contributed by atoms with E-state index in [1.807, 2.05) is 19.4 Å². The van der Waals surface area contributed by atoms with E-state index < -0.39 is 0 Å². The fourth-order valence-electron chi connectivity index (χ4n) is 3.84. The van der Waals surface area contributed by atoms with E-state index in [2.05, 4.69) is 10.4 Å². The van der Waals surface area contributed by atoms with E-state index in [0.29, 0.717) is 10.6 Å². The van der Waals surface area contributed by atoms with Crippen molar-refractivity contribution < 1.29 is 14.3 Å². The van der Waals surface area contributed by atoms with Gasteiger partial charge >= 0.3 is 5.97 Å². The number of aromatic nitrogens is 2. The molecule has 2 aromatic rings. The molecule has 4 rings (SSSR count). The van der Waals surface area contributed by atoms with Crippen molar-refractivity contribution >= 4 is 28.2 Å². The van der Waals surface area contributed by atoms with E-state index >= 15 is 0 Å². The Morgan fingerprint density at radius 1 is 1.31 bits per heavy atom. The average molecular weight is 373 g/mol. The molecular formula is C19H23N3O3S. The summed E-state index contributed by atoms with van der Waals surface area (Å²) in [7, 11) is 3.27. The summed E-state index contributed by atoms with van der Waals surface area (Å²) < 4.78 is 6.76. The molecule has 6 nitrogen and oxygen atoms in total. The van der Waals surface area contributed by atoms with Gasteiger partial charge in [0, 0.05) is 24.0 Å². The molecule has 2 aromatic heterocycles. The molecule has 0 spiro atoms. The Morgan fingerprint density at radius 3 is 2.85 bits per heavy atom. The second kappa shape index (κ2) is 6.87. The molecule has 0 radical (unpaired) electrons. The summed E-state index contributed by atoms with van der Waals surface area (Å²) >= 11 is 1.54. The van der Waals surface area contributed by atoms with Crippen molar-refractivity contribution in [1.29, 1.82) is 0 Å². The summed E-state index contributed by atoms with van der Waals surface area (Å²) in [6, 6.07) is 0. The maximum Gasteiger partial charge on any atom is 0.341 e. The van der Waals surface area contributed by atoms with Gasteiger partial charge in [0.1, 0.15) is 5.00 Å². The Balaban J connectivity index is 1.54. The number of rotatable bonds is 4. The molecule has 1 amide bonds. The van der Waals surface area contributed by atoms with Crippen LogP contribution in [0.2, 0.25) is 0 Å². The number of hydrogen-bond donors (Lipinski definition) is 1. The lowest BCUT2D eigenvalue weighted by molar-refractivity contribution is -0.117. The first-order valence-electron chi connectivity index (χ1n) is 9.10. The number of anilines is 1. The minimum absolute atomic E-state index is 0.0135. The number of carbonyl (C=O) groups is 2. The second-order valence-electron chi connectivity index (χ2n) is 7.15. The van der Waals surface area contributed by atoms with Gasteiger partial charge in [-0.2, -0.15) is 5.10 Å². The largest absolute Gasteiger partial charge is 0.465 e. The molecule has 1 fully saturated rings. The number of esters is 1. The van der Waals surface area contributed by atoms with Crippen molar-refractivity contribution in [2.24, 2.45) is 13.0 Å². The number of fused-ring (bicyclic) bond motifs is 1. The maximum absolute atomic E-state index is 12.7. The number of ether oxygens (including phenoxy) is 1. The Morgan fingerprint density at radius 2 is 2.12 bits per heavy atom. The summed E-state index contributed by atoms with van der Waals surface area (Å²) in [4.78, 5) is 26.3. The zero-order valence-electron chi connectivity index (χ0n) is 15.1. The van der Waals surface area contributed by atoms with Gasteiger partial charge < -0.3 is 10.1 Å². The van der Waals surface area contributed by atoms with Gasteiger partial charge in [-0.3, -0.25) is 9.48 Å². The number of nitrogens with zero attached hydrogens (tertiary/aromatic N) is 2. The smallest absolute Gasteiger partial charge is 0.341 e. The van der Waals surface area contributed by atoms with Crippen LogP contribution in [0.3, 0.4) is 0 Å². The van der Waals surface area contributed by atoms with Gasteiger partial charge in [-0.05, 0) is 49.1 Å². The summed E-state index contributed by atoms with van der Waals surface area (Å²) in [5.41, 5.74) is 2.75. The van der Waals surface area contributed by atoms with Crippen LogP contribution >= 0.6 is 11.3 Å². The minimum atomic E-state index is -0.348. The van der Waals surface area contributed by atoms with Crippen LogP contribution in [0.5, 0.6) is 0 Å². The SMILES string of the molecule is COC(=O)c1c(NC(=O)C2CC2c2cnn(C)c2)sc2c1CCCCC2. The Bertz CT molecular complexity index is 854. The van der Waals surface area contributed by atoms with Crippen LogP contribution in [0.4, 0.5) is 5.00 Å². The molecule has 2 aliphatic rings. The quantitative estimate of drug-likeness (QED) is 0.659. The molecule has 1 N–H and O–H groups in total. The number of amides is 1. The molecule has 7 heteroatoms. The summed E-state index contributed by atoms with van der Waals surface area (Å²) in [6.07, 6.45) is 9.86. The monoisotopic (exact) mass is 373 g/mol. The normalized spacial score (nSPS) is 21.6. The van der Waals surface area contributed by atoms with E-state index in [4.69, 9.17) is 4.74 Å². The van der Waals surface area contributed by atoms with Crippen LogP contribution in [-0.2, 0) is 29.4 Å². The third-order valence-corrected chi connectivity index (χ3v) is 6.53. The highest BCUT2D eigenvalue weighted by Gasteiger charge is 2.45. The van der Waals surface area contributed by atoms with Crippen LogP contribution in [0.15, 0.2) is 12.4 Å². The number of thiophene rings is 1. The van der Waals surface area contributed by atoms with Gasteiger partial charge in [0.25, 0.3) is 0 Å². The Hall–Kier alpha value is -2.15. The van der Waals surface area contributed by atoms with Crippen LogP contribution in [0, 0.1) is 5.92 Å². The molecule has 0 aromatic carbocycles. The molecule has 2 unspecified atom stereocenters. The minimum Gasteiger partial charge on any atom is -0.465 e. The standard InChI is InChI=1S/C19H23N3O3S/c1-22-10-11(9-20-22)13-8-14(13)17(23)21-18-16(19(24)25-2)12-6-4-3-5-7-15(12)26-18/h9-10,13-14H,3-8H2,1-2H3,(H,21,23). The molecule has 0 saturated heterocycles. The molecule has 2 heterocycles. The highest BCUT2D eigenvalue weighted by atomic mass is 32.1.